The molecule has 3 nitrogen and oxygen atoms in total. The molecule has 1 aromatic heterocycles. The molecule has 144 valence electrons. The lowest BCUT2D eigenvalue weighted by molar-refractivity contribution is 0.462. The number of benzene rings is 3. The van der Waals surface area contributed by atoms with Gasteiger partial charge in [-0.3, -0.25) is 4.98 Å². The molecular formula is C25H21ClN2O. The van der Waals surface area contributed by atoms with Crippen molar-refractivity contribution < 1.29 is 5.11 Å². The molecule has 4 rings (SSSR count). The molecule has 0 unspecified atom stereocenters. The monoisotopic (exact) mass is 400 g/mol. The van der Waals surface area contributed by atoms with Crippen LogP contribution >= 0.6 is 11.6 Å². The number of phenols is 1. The first-order chi connectivity index (χ1) is 14.2. The van der Waals surface area contributed by atoms with Crippen molar-refractivity contribution in [2.24, 2.45) is 0 Å². The van der Waals surface area contributed by atoms with Gasteiger partial charge in [0.25, 0.3) is 0 Å². The van der Waals surface area contributed by atoms with E-state index in [1.54, 1.807) is 12.3 Å². The van der Waals surface area contributed by atoms with Crippen LogP contribution in [0.25, 0.3) is 11.3 Å². The lowest BCUT2D eigenvalue weighted by Gasteiger charge is -2.21. The van der Waals surface area contributed by atoms with E-state index in [-0.39, 0.29) is 11.8 Å². The van der Waals surface area contributed by atoms with Crippen LogP contribution in [0.1, 0.15) is 22.7 Å². The van der Waals surface area contributed by atoms with Gasteiger partial charge in [0.15, 0.2) is 0 Å². The van der Waals surface area contributed by atoms with Crippen LogP contribution in [0.4, 0.5) is 0 Å². The van der Waals surface area contributed by atoms with Gasteiger partial charge in [-0.05, 0) is 53.6 Å². The molecule has 0 amide bonds. The first kappa shape index (κ1) is 19.2. The van der Waals surface area contributed by atoms with Crippen molar-refractivity contribution in [3.05, 3.63) is 119 Å². The molecule has 0 bridgehead atoms. The lowest BCUT2D eigenvalue weighted by Crippen LogP contribution is -2.22. The molecule has 0 spiro atoms. The molecule has 0 saturated carbocycles. The van der Waals surface area contributed by atoms with Gasteiger partial charge in [0.1, 0.15) is 5.75 Å². The zero-order valence-corrected chi connectivity index (χ0v) is 16.6. The van der Waals surface area contributed by atoms with Crippen LogP contribution in [0.5, 0.6) is 5.75 Å². The van der Waals surface area contributed by atoms with E-state index in [2.05, 4.69) is 22.4 Å². The minimum atomic E-state index is -0.0219. The summed E-state index contributed by atoms with van der Waals surface area (Å²) in [6, 6.07) is 29.5. The Hall–Kier alpha value is -3.14. The Morgan fingerprint density at radius 2 is 1.55 bits per heavy atom. The molecule has 2 N–H and O–H groups in total. The molecular weight excluding hydrogens is 380 g/mol. The molecule has 1 heterocycles. The fourth-order valence-electron chi connectivity index (χ4n) is 3.36. The first-order valence-corrected chi connectivity index (χ1v) is 9.85. The number of pyridine rings is 1. The van der Waals surface area contributed by atoms with Gasteiger partial charge in [-0.25, -0.2) is 0 Å². The lowest BCUT2D eigenvalue weighted by atomic mass is 9.98. The largest absolute Gasteiger partial charge is 0.508 e. The Bertz CT molecular complexity index is 1070. The molecule has 29 heavy (non-hydrogen) atoms. The van der Waals surface area contributed by atoms with Gasteiger partial charge in [0.2, 0.25) is 0 Å². The van der Waals surface area contributed by atoms with Gasteiger partial charge in [-0.1, -0.05) is 60.1 Å². The minimum Gasteiger partial charge on any atom is -0.508 e. The Morgan fingerprint density at radius 3 is 2.28 bits per heavy atom. The third-order valence-corrected chi connectivity index (χ3v) is 5.13. The van der Waals surface area contributed by atoms with Crippen molar-refractivity contribution in [3.63, 3.8) is 0 Å². The number of rotatable bonds is 6. The van der Waals surface area contributed by atoms with Crippen LogP contribution in [0.15, 0.2) is 97.2 Å². The summed E-state index contributed by atoms with van der Waals surface area (Å²) < 4.78 is 0. The van der Waals surface area contributed by atoms with E-state index < -0.39 is 0 Å². The predicted molar refractivity (Wildman–Crippen MR) is 118 cm³/mol. The first-order valence-electron chi connectivity index (χ1n) is 9.48. The van der Waals surface area contributed by atoms with Gasteiger partial charge in [0, 0.05) is 28.9 Å². The molecule has 0 aliphatic carbocycles. The zero-order chi connectivity index (χ0) is 20.1. The normalized spacial score (nSPS) is 11.9. The van der Waals surface area contributed by atoms with Crippen molar-refractivity contribution in [1.29, 1.82) is 0 Å². The molecule has 0 aliphatic heterocycles. The van der Waals surface area contributed by atoms with E-state index in [1.165, 1.54) is 0 Å². The average molecular weight is 401 g/mol. The van der Waals surface area contributed by atoms with Crippen molar-refractivity contribution in [3.8, 4) is 17.0 Å². The molecule has 4 aromatic rings. The number of aromatic hydroxyl groups is 1. The van der Waals surface area contributed by atoms with Crippen LogP contribution < -0.4 is 5.32 Å². The van der Waals surface area contributed by atoms with Crippen molar-refractivity contribution >= 4 is 11.6 Å². The summed E-state index contributed by atoms with van der Waals surface area (Å²) in [6.45, 7) is 0.509. The Kier molecular flexibility index (Phi) is 5.89. The number of nitrogens with one attached hydrogen (secondary N) is 1. The molecule has 4 heteroatoms. The number of nitrogens with zero attached hydrogens (tertiary/aromatic N) is 1. The van der Waals surface area contributed by atoms with E-state index in [9.17, 15) is 5.11 Å². The predicted octanol–water partition coefficient (Wildman–Crippen LogP) is 5.99. The van der Waals surface area contributed by atoms with Crippen molar-refractivity contribution in [2.45, 2.75) is 12.6 Å². The van der Waals surface area contributed by atoms with Crippen LogP contribution in [-0.2, 0) is 6.54 Å². The fraction of sp³-hybridized carbons (Fsp3) is 0.0800. The highest BCUT2D eigenvalue weighted by Crippen LogP contribution is 2.27. The van der Waals surface area contributed by atoms with Gasteiger partial charge >= 0.3 is 0 Å². The number of hydrogen-bond donors (Lipinski definition) is 2. The Labute approximate surface area is 175 Å². The maximum atomic E-state index is 10.4. The van der Waals surface area contributed by atoms with Crippen molar-refractivity contribution in [1.82, 2.24) is 10.3 Å². The van der Waals surface area contributed by atoms with E-state index in [0.717, 1.165) is 27.9 Å². The SMILES string of the molecule is Oc1ccc(-c2ccccn2)cc1CN[C@@H](c1ccccc1)c1ccc(Cl)cc1. The third-order valence-electron chi connectivity index (χ3n) is 4.87. The van der Waals surface area contributed by atoms with E-state index >= 15 is 0 Å². The summed E-state index contributed by atoms with van der Waals surface area (Å²) >= 11 is 6.07. The molecule has 0 aliphatic rings. The van der Waals surface area contributed by atoms with Gasteiger partial charge in [-0.15, -0.1) is 0 Å². The highest BCUT2D eigenvalue weighted by Gasteiger charge is 2.15. The third kappa shape index (κ3) is 4.65. The topological polar surface area (TPSA) is 45.2 Å². The molecule has 0 fully saturated rings. The summed E-state index contributed by atoms with van der Waals surface area (Å²) in [6.07, 6.45) is 1.77. The molecule has 0 radical (unpaired) electrons. The van der Waals surface area contributed by atoms with Crippen molar-refractivity contribution in [2.75, 3.05) is 0 Å². The Morgan fingerprint density at radius 1 is 0.828 bits per heavy atom. The quantitative estimate of drug-likeness (QED) is 0.418. The minimum absolute atomic E-state index is 0.0219. The van der Waals surface area contributed by atoms with E-state index in [1.807, 2.05) is 72.8 Å². The summed E-state index contributed by atoms with van der Waals surface area (Å²) in [7, 11) is 0. The second-order valence-electron chi connectivity index (χ2n) is 6.83. The Balaban J connectivity index is 1.61. The van der Waals surface area contributed by atoms with E-state index in [0.29, 0.717) is 11.6 Å². The van der Waals surface area contributed by atoms with Crippen LogP contribution in [0, 0.1) is 0 Å². The number of halogens is 1. The number of phenolic OH excluding ortho intramolecular Hbond substituents is 1. The summed E-state index contributed by atoms with van der Waals surface area (Å²) in [5.74, 6) is 0.264. The summed E-state index contributed by atoms with van der Waals surface area (Å²) in [4.78, 5) is 4.40. The summed E-state index contributed by atoms with van der Waals surface area (Å²) in [5.41, 5.74) is 4.94. The standard InChI is InChI=1S/C25H21ClN2O/c26-22-12-9-19(10-13-22)25(18-6-2-1-3-7-18)28-17-21-16-20(11-14-24(21)29)23-8-4-5-15-27-23/h1-16,25,28-29H,17H2/t25-/m0/s1. The van der Waals surface area contributed by atoms with Gasteiger partial charge in [0.05, 0.1) is 11.7 Å². The highest BCUT2D eigenvalue weighted by molar-refractivity contribution is 6.30. The molecule has 3 aromatic carbocycles. The summed E-state index contributed by atoms with van der Waals surface area (Å²) in [5, 5.41) is 14.7. The number of hydrogen-bond acceptors (Lipinski definition) is 3. The maximum Gasteiger partial charge on any atom is 0.120 e. The fourth-order valence-corrected chi connectivity index (χ4v) is 3.49. The van der Waals surface area contributed by atoms with Gasteiger partial charge < -0.3 is 10.4 Å². The second-order valence-corrected chi connectivity index (χ2v) is 7.27. The second kappa shape index (κ2) is 8.91. The number of aromatic nitrogens is 1. The van der Waals surface area contributed by atoms with Crippen LogP contribution in [0.3, 0.4) is 0 Å². The molecule has 1 atom stereocenters. The van der Waals surface area contributed by atoms with Crippen LogP contribution in [0.2, 0.25) is 5.02 Å². The van der Waals surface area contributed by atoms with Crippen LogP contribution in [-0.4, -0.2) is 10.1 Å². The average Bonchev–Trinajstić information content (AvgIpc) is 2.77. The maximum absolute atomic E-state index is 10.4. The molecule has 0 saturated heterocycles. The van der Waals surface area contributed by atoms with Gasteiger partial charge in [-0.2, -0.15) is 0 Å². The zero-order valence-electron chi connectivity index (χ0n) is 15.8. The van der Waals surface area contributed by atoms with E-state index in [4.69, 9.17) is 11.6 Å². The highest BCUT2D eigenvalue weighted by atomic mass is 35.5. The smallest absolute Gasteiger partial charge is 0.120 e.